The van der Waals surface area contributed by atoms with Gasteiger partial charge in [-0.15, -0.1) is 0 Å². The Labute approximate surface area is 195 Å². The van der Waals surface area contributed by atoms with Crippen LogP contribution < -0.4 is 0 Å². The van der Waals surface area contributed by atoms with Crippen LogP contribution in [-0.4, -0.2) is 39.7 Å². The summed E-state index contributed by atoms with van der Waals surface area (Å²) in [6, 6.07) is 6.49. The number of nitrogens with zero attached hydrogens (tertiary/aromatic N) is 3. The summed E-state index contributed by atoms with van der Waals surface area (Å²) in [7, 11) is 0. The number of aryl methyl sites for hydroxylation is 1. The van der Waals surface area contributed by atoms with Gasteiger partial charge >= 0.3 is 5.97 Å². The number of aromatic nitrogens is 2. The van der Waals surface area contributed by atoms with E-state index in [4.69, 9.17) is 9.84 Å². The van der Waals surface area contributed by atoms with Crippen molar-refractivity contribution in [3.05, 3.63) is 52.6 Å². The number of amides is 1. The normalized spacial score (nSPS) is 21.4. The lowest BCUT2D eigenvalue weighted by Gasteiger charge is -2.32. The Morgan fingerprint density at radius 3 is 2.55 bits per heavy atom. The highest BCUT2D eigenvalue weighted by molar-refractivity contribution is 5.77. The van der Waals surface area contributed by atoms with Gasteiger partial charge in [0.25, 0.3) is 0 Å². The number of benzene rings is 1. The van der Waals surface area contributed by atoms with Crippen molar-refractivity contribution in [3.8, 4) is 0 Å². The van der Waals surface area contributed by atoms with E-state index in [2.05, 4.69) is 6.92 Å². The number of ether oxygens (including phenoxy) is 1. The summed E-state index contributed by atoms with van der Waals surface area (Å²) in [6.45, 7) is 7.60. The summed E-state index contributed by atoms with van der Waals surface area (Å²) in [5, 5.41) is 4.78. The van der Waals surface area contributed by atoms with Gasteiger partial charge in [0.05, 0.1) is 36.5 Å². The predicted octanol–water partition coefficient (Wildman–Crippen LogP) is 4.58. The first-order chi connectivity index (χ1) is 15.9. The van der Waals surface area contributed by atoms with Crippen molar-refractivity contribution in [2.24, 2.45) is 11.8 Å². The van der Waals surface area contributed by atoms with Crippen LogP contribution in [0.1, 0.15) is 74.5 Å². The molecule has 1 amide bonds. The summed E-state index contributed by atoms with van der Waals surface area (Å²) < 4.78 is 20.5. The van der Waals surface area contributed by atoms with Crippen LogP contribution in [0.3, 0.4) is 0 Å². The Morgan fingerprint density at radius 1 is 1.18 bits per heavy atom. The number of fused-ring (bicyclic) bond motifs is 1. The zero-order valence-corrected chi connectivity index (χ0v) is 19.8. The van der Waals surface area contributed by atoms with Crippen molar-refractivity contribution in [2.75, 3.05) is 13.2 Å². The zero-order valence-electron chi connectivity index (χ0n) is 19.8. The lowest BCUT2D eigenvalue weighted by Crippen LogP contribution is -2.38. The van der Waals surface area contributed by atoms with Gasteiger partial charge in [0.1, 0.15) is 5.82 Å². The quantitative estimate of drug-likeness (QED) is 0.598. The molecule has 4 rings (SSSR count). The SMILES string of the molecule is CCOC(=O)[C@H]1CC[C@@H](CC(=O)N2CCc3c(C)nn(C(C)c4ccc(F)cc4)c3C2)CC1. The van der Waals surface area contributed by atoms with E-state index in [1.54, 1.807) is 12.1 Å². The maximum atomic E-state index is 13.4. The maximum absolute atomic E-state index is 13.4. The van der Waals surface area contributed by atoms with Crippen LogP contribution in [0.25, 0.3) is 0 Å². The Kier molecular flexibility index (Phi) is 7.15. The lowest BCUT2D eigenvalue weighted by atomic mass is 9.80. The van der Waals surface area contributed by atoms with E-state index >= 15 is 0 Å². The largest absolute Gasteiger partial charge is 0.466 e. The second kappa shape index (κ2) is 10.1. The van der Waals surface area contributed by atoms with Gasteiger partial charge in [-0.25, -0.2) is 4.39 Å². The summed E-state index contributed by atoms with van der Waals surface area (Å²) >= 11 is 0. The van der Waals surface area contributed by atoms with Crippen molar-refractivity contribution >= 4 is 11.9 Å². The third kappa shape index (κ3) is 5.12. The highest BCUT2D eigenvalue weighted by Gasteiger charge is 2.32. The molecule has 0 N–H and O–H groups in total. The first-order valence-electron chi connectivity index (χ1n) is 12.1. The molecule has 1 aromatic carbocycles. The molecule has 2 heterocycles. The molecule has 1 aliphatic carbocycles. The number of halogens is 1. The predicted molar refractivity (Wildman–Crippen MR) is 123 cm³/mol. The van der Waals surface area contributed by atoms with Crippen molar-refractivity contribution in [1.82, 2.24) is 14.7 Å². The minimum absolute atomic E-state index is 0.0147. The van der Waals surface area contributed by atoms with E-state index in [0.717, 1.165) is 49.1 Å². The van der Waals surface area contributed by atoms with E-state index in [1.165, 1.54) is 17.7 Å². The second-order valence-corrected chi connectivity index (χ2v) is 9.42. The molecule has 33 heavy (non-hydrogen) atoms. The second-order valence-electron chi connectivity index (χ2n) is 9.42. The Bertz CT molecular complexity index is 993. The molecule has 1 atom stereocenters. The van der Waals surface area contributed by atoms with E-state index in [1.807, 2.05) is 23.4 Å². The fourth-order valence-electron chi connectivity index (χ4n) is 5.28. The van der Waals surface area contributed by atoms with Gasteiger partial charge in [0, 0.05) is 13.0 Å². The molecule has 6 nitrogen and oxygen atoms in total. The minimum atomic E-state index is -0.252. The highest BCUT2D eigenvalue weighted by Crippen LogP contribution is 2.33. The molecule has 1 aliphatic heterocycles. The van der Waals surface area contributed by atoms with E-state index in [-0.39, 0.29) is 29.7 Å². The number of carbonyl (C=O) groups excluding carboxylic acids is 2. The standard InChI is InChI=1S/C26H34FN3O3/c1-4-33-26(32)21-7-5-19(6-8-21)15-25(31)29-14-13-23-17(2)28-30(24(23)16-29)18(3)20-9-11-22(27)12-10-20/h9-12,18-19,21H,4-8,13-16H2,1-3H3/t18?,19-,21+. The van der Waals surface area contributed by atoms with Gasteiger partial charge in [-0.3, -0.25) is 14.3 Å². The molecule has 178 valence electrons. The number of esters is 1. The van der Waals surface area contributed by atoms with Gasteiger partial charge in [-0.2, -0.15) is 5.10 Å². The third-order valence-corrected chi connectivity index (χ3v) is 7.29. The van der Waals surface area contributed by atoms with E-state index in [9.17, 15) is 14.0 Å². The first-order valence-corrected chi connectivity index (χ1v) is 12.1. The van der Waals surface area contributed by atoms with Crippen LogP contribution in [-0.2, 0) is 27.3 Å². The first kappa shape index (κ1) is 23.5. The molecule has 0 bridgehead atoms. The van der Waals surface area contributed by atoms with Crippen LogP contribution in [0.15, 0.2) is 24.3 Å². The molecule has 2 aromatic rings. The molecule has 7 heteroatoms. The molecular weight excluding hydrogens is 421 g/mol. The molecular formula is C26H34FN3O3. The fraction of sp³-hybridized carbons (Fsp3) is 0.577. The molecule has 1 unspecified atom stereocenters. The van der Waals surface area contributed by atoms with Gasteiger partial charge in [0.15, 0.2) is 0 Å². The molecule has 1 fully saturated rings. The molecule has 0 saturated heterocycles. The average molecular weight is 456 g/mol. The number of rotatable bonds is 6. The van der Waals surface area contributed by atoms with Crippen molar-refractivity contribution < 1.29 is 18.7 Å². The van der Waals surface area contributed by atoms with E-state index in [0.29, 0.717) is 32.0 Å². The summed E-state index contributed by atoms with van der Waals surface area (Å²) in [5.41, 5.74) is 4.30. The van der Waals surface area contributed by atoms with Gasteiger partial charge in [-0.1, -0.05) is 12.1 Å². The van der Waals surface area contributed by atoms with Crippen LogP contribution in [0, 0.1) is 24.6 Å². The maximum Gasteiger partial charge on any atom is 0.308 e. The van der Waals surface area contributed by atoms with Crippen molar-refractivity contribution in [2.45, 2.75) is 71.9 Å². The Hall–Kier alpha value is -2.70. The van der Waals surface area contributed by atoms with Crippen LogP contribution in [0.2, 0.25) is 0 Å². The number of hydrogen-bond acceptors (Lipinski definition) is 4. The van der Waals surface area contributed by atoms with Crippen molar-refractivity contribution in [3.63, 3.8) is 0 Å². The Morgan fingerprint density at radius 2 is 1.88 bits per heavy atom. The number of hydrogen-bond donors (Lipinski definition) is 0. The van der Waals surface area contributed by atoms with Crippen LogP contribution in [0.5, 0.6) is 0 Å². The Balaban J connectivity index is 1.40. The van der Waals surface area contributed by atoms with Gasteiger partial charge < -0.3 is 9.64 Å². The third-order valence-electron chi connectivity index (χ3n) is 7.29. The monoisotopic (exact) mass is 455 g/mol. The highest BCUT2D eigenvalue weighted by atomic mass is 19.1. The van der Waals surface area contributed by atoms with Gasteiger partial charge in [-0.05, 0) is 82.1 Å². The molecule has 0 spiro atoms. The number of carbonyl (C=O) groups is 2. The van der Waals surface area contributed by atoms with E-state index < -0.39 is 0 Å². The minimum Gasteiger partial charge on any atom is -0.466 e. The molecule has 1 aromatic heterocycles. The summed E-state index contributed by atoms with van der Waals surface area (Å²) in [6.07, 6.45) is 4.74. The lowest BCUT2D eigenvalue weighted by molar-refractivity contribution is -0.149. The molecule has 2 aliphatic rings. The smallest absolute Gasteiger partial charge is 0.308 e. The van der Waals surface area contributed by atoms with Crippen molar-refractivity contribution in [1.29, 1.82) is 0 Å². The van der Waals surface area contributed by atoms with Gasteiger partial charge in [0.2, 0.25) is 5.91 Å². The zero-order chi connectivity index (χ0) is 23.5. The van der Waals surface area contributed by atoms with Crippen LogP contribution >= 0.6 is 0 Å². The van der Waals surface area contributed by atoms with Crippen LogP contribution in [0.4, 0.5) is 4.39 Å². The average Bonchev–Trinajstić information content (AvgIpc) is 3.15. The summed E-state index contributed by atoms with van der Waals surface area (Å²) in [4.78, 5) is 27.1. The topological polar surface area (TPSA) is 64.4 Å². The molecule has 0 radical (unpaired) electrons. The molecule has 1 saturated carbocycles. The fourth-order valence-corrected chi connectivity index (χ4v) is 5.28. The summed E-state index contributed by atoms with van der Waals surface area (Å²) in [5.74, 6) is 0.149.